The Bertz CT molecular complexity index is 291. The van der Waals surface area contributed by atoms with Crippen LogP contribution in [0.3, 0.4) is 0 Å². The van der Waals surface area contributed by atoms with E-state index in [-0.39, 0.29) is 0 Å². The van der Waals surface area contributed by atoms with Gasteiger partial charge in [-0.3, -0.25) is 0 Å². The zero-order valence-corrected chi connectivity index (χ0v) is 13.5. The predicted octanol–water partition coefficient (Wildman–Crippen LogP) is 2.32. The van der Waals surface area contributed by atoms with Gasteiger partial charge in [0.2, 0.25) is 0 Å². The third-order valence-electron chi connectivity index (χ3n) is 6.35. The molecule has 0 unspecified atom stereocenters. The summed E-state index contributed by atoms with van der Waals surface area (Å²) in [6.45, 7) is 12.3. The van der Waals surface area contributed by atoms with Crippen LogP contribution < -0.4 is 5.32 Å². The first-order valence-electron chi connectivity index (χ1n) is 8.95. The number of nitrogens with one attached hydrogen (secondary N) is 1. The fourth-order valence-corrected chi connectivity index (χ4v) is 4.92. The molecule has 3 nitrogen and oxygen atoms in total. The molecule has 3 rings (SSSR count). The van der Waals surface area contributed by atoms with Crippen molar-refractivity contribution in [3.8, 4) is 0 Å². The summed E-state index contributed by atoms with van der Waals surface area (Å²) in [5, 5.41) is 3.51. The van der Waals surface area contributed by atoms with Gasteiger partial charge in [-0.2, -0.15) is 0 Å². The Morgan fingerprint density at radius 1 is 1.05 bits per heavy atom. The van der Waals surface area contributed by atoms with Gasteiger partial charge in [0.1, 0.15) is 0 Å². The van der Waals surface area contributed by atoms with E-state index < -0.39 is 0 Å². The molecule has 1 saturated carbocycles. The molecule has 0 aromatic heterocycles. The van der Waals surface area contributed by atoms with Gasteiger partial charge in [-0.1, -0.05) is 13.8 Å². The second-order valence-corrected chi connectivity index (χ2v) is 7.30. The van der Waals surface area contributed by atoms with E-state index in [1.807, 2.05) is 0 Å². The topological polar surface area (TPSA) is 18.5 Å². The van der Waals surface area contributed by atoms with Gasteiger partial charge in [-0.05, 0) is 83.2 Å². The summed E-state index contributed by atoms with van der Waals surface area (Å²) >= 11 is 0. The quantitative estimate of drug-likeness (QED) is 0.852. The maximum Gasteiger partial charge on any atom is 0.0119 e. The molecule has 116 valence electrons. The van der Waals surface area contributed by atoms with E-state index in [0.717, 1.165) is 17.5 Å². The molecule has 2 saturated heterocycles. The van der Waals surface area contributed by atoms with E-state index in [4.69, 9.17) is 0 Å². The maximum absolute atomic E-state index is 3.51. The van der Waals surface area contributed by atoms with Crippen LogP contribution in [0.5, 0.6) is 0 Å². The van der Waals surface area contributed by atoms with Crippen LogP contribution in [0.25, 0.3) is 0 Å². The first kappa shape index (κ1) is 14.8. The Morgan fingerprint density at radius 2 is 1.65 bits per heavy atom. The monoisotopic (exact) mass is 279 g/mol. The molecule has 0 atom stereocenters. The molecule has 2 aliphatic heterocycles. The Morgan fingerprint density at radius 3 is 2.20 bits per heavy atom. The third kappa shape index (κ3) is 2.90. The van der Waals surface area contributed by atoms with Crippen molar-refractivity contribution in [1.82, 2.24) is 15.1 Å². The number of rotatable bonds is 4. The molecular formula is C17H33N3. The predicted molar refractivity (Wildman–Crippen MR) is 85.1 cm³/mol. The lowest BCUT2D eigenvalue weighted by Gasteiger charge is -2.55. The van der Waals surface area contributed by atoms with E-state index in [1.165, 1.54) is 77.8 Å². The van der Waals surface area contributed by atoms with Crippen LogP contribution in [0.4, 0.5) is 0 Å². The summed E-state index contributed by atoms with van der Waals surface area (Å²) in [6.07, 6.45) is 8.63. The highest BCUT2D eigenvalue weighted by Gasteiger charge is 2.47. The van der Waals surface area contributed by atoms with Gasteiger partial charge < -0.3 is 15.1 Å². The van der Waals surface area contributed by atoms with Crippen molar-refractivity contribution in [3.05, 3.63) is 0 Å². The fraction of sp³-hybridized carbons (Fsp3) is 1.00. The highest BCUT2D eigenvalue weighted by atomic mass is 15.2. The van der Waals surface area contributed by atoms with E-state index >= 15 is 0 Å². The number of hydrogen-bond donors (Lipinski definition) is 1. The average molecular weight is 279 g/mol. The first-order chi connectivity index (χ1) is 9.76. The van der Waals surface area contributed by atoms with E-state index in [0.29, 0.717) is 0 Å². The molecule has 20 heavy (non-hydrogen) atoms. The summed E-state index contributed by atoms with van der Waals surface area (Å²) in [5.41, 5.74) is 0.742. The standard InChI is InChI=1S/C17H33N3/c1-3-19(4-2)15-5-11-20(12-6-15)16-13-17(14-16)7-9-18-10-8-17/h15-16,18H,3-14H2,1-2H3. The summed E-state index contributed by atoms with van der Waals surface area (Å²) in [5.74, 6) is 0. The van der Waals surface area contributed by atoms with Gasteiger partial charge >= 0.3 is 0 Å². The van der Waals surface area contributed by atoms with Gasteiger partial charge in [0.15, 0.2) is 0 Å². The molecule has 1 aliphatic carbocycles. The van der Waals surface area contributed by atoms with E-state index in [2.05, 4.69) is 29.0 Å². The van der Waals surface area contributed by atoms with Gasteiger partial charge in [-0.15, -0.1) is 0 Å². The largest absolute Gasteiger partial charge is 0.317 e. The minimum atomic E-state index is 0.742. The number of nitrogens with zero attached hydrogens (tertiary/aromatic N) is 2. The summed E-state index contributed by atoms with van der Waals surface area (Å²) < 4.78 is 0. The molecule has 0 amide bonds. The number of hydrogen-bond acceptors (Lipinski definition) is 3. The molecule has 0 aromatic rings. The van der Waals surface area contributed by atoms with Crippen molar-refractivity contribution < 1.29 is 0 Å². The molecule has 3 fully saturated rings. The Kier molecular flexibility index (Phi) is 4.68. The fourth-order valence-electron chi connectivity index (χ4n) is 4.92. The summed E-state index contributed by atoms with van der Waals surface area (Å²) in [7, 11) is 0. The molecule has 1 N–H and O–H groups in total. The van der Waals surface area contributed by atoms with Gasteiger partial charge in [-0.25, -0.2) is 0 Å². The molecule has 3 heteroatoms. The molecule has 1 spiro atoms. The number of likely N-dealkylation sites (tertiary alicyclic amines) is 1. The minimum absolute atomic E-state index is 0.742. The maximum atomic E-state index is 3.51. The van der Waals surface area contributed by atoms with Gasteiger partial charge in [0.25, 0.3) is 0 Å². The lowest BCUT2D eigenvalue weighted by Crippen LogP contribution is -2.57. The van der Waals surface area contributed by atoms with Gasteiger partial charge in [0, 0.05) is 12.1 Å². The number of piperidine rings is 2. The van der Waals surface area contributed by atoms with Crippen LogP contribution >= 0.6 is 0 Å². The Balaban J connectivity index is 1.43. The lowest BCUT2D eigenvalue weighted by atomic mass is 9.60. The van der Waals surface area contributed by atoms with Crippen molar-refractivity contribution in [3.63, 3.8) is 0 Å². The van der Waals surface area contributed by atoms with E-state index in [9.17, 15) is 0 Å². The average Bonchev–Trinajstić information content (AvgIpc) is 2.48. The van der Waals surface area contributed by atoms with Crippen molar-refractivity contribution >= 4 is 0 Å². The zero-order chi connectivity index (χ0) is 14.0. The van der Waals surface area contributed by atoms with Gasteiger partial charge in [0.05, 0.1) is 0 Å². The normalized spacial score (nSPS) is 28.9. The zero-order valence-electron chi connectivity index (χ0n) is 13.5. The molecule has 2 heterocycles. The third-order valence-corrected chi connectivity index (χ3v) is 6.35. The Labute approximate surface area is 125 Å². The first-order valence-corrected chi connectivity index (χ1v) is 8.95. The summed E-state index contributed by atoms with van der Waals surface area (Å²) in [4.78, 5) is 5.47. The van der Waals surface area contributed by atoms with Crippen molar-refractivity contribution in [1.29, 1.82) is 0 Å². The highest BCUT2D eigenvalue weighted by molar-refractivity contribution is 5.01. The van der Waals surface area contributed by atoms with Crippen LogP contribution in [-0.4, -0.2) is 61.2 Å². The summed E-state index contributed by atoms with van der Waals surface area (Å²) in [6, 6.07) is 1.78. The molecule has 0 bridgehead atoms. The molecule has 0 radical (unpaired) electrons. The SMILES string of the molecule is CCN(CC)C1CCN(C2CC3(CCNCC3)C2)CC1. The van der Waals surface area contributed by atoms with E-state index in [1.54, 1.807) is 0 Å². The molecule has 3 aliphatic rings. The second-order valence-electron chi connectivity index (χ2n) is 7.30. The minimum Gasteiger partial charge on any atom is -0.317 e. The van der Waals surface area contributed by atoms with Crippen LogP contribution in [-0.2, 0) is 0 Å². The van der Waals surface area contributed by atoms with Crippen LogP contribution in [0, 0.1) is 5.41 Å². The van der Waals surface area contributed by atoms with Crippen LogP contribution in [0.15, 0.2) is 0 Å². The molecular weight excluding hydrogens is 246 g/mol. The van der Waals surface area contributed by atoms with Crippen LogP contribution in [0.1, 0.15) is 52.4 Å². The molecule has 0 aromatic carbocycles. The van der Waals surface area contributed by atoms with Crippen molar-refractivity contribution in [2.75, 3.05) is 39.3 Å². The lowest BCUT2D eigenvalue weighted by molar-refractivity contribution is -0.0366. The Hall–Kier alpha value is -0.120. The second kappa shape index (κ2) is 6.33. The van der Waals surface area contributed by atoms with Crippen molar-refractivity contribution in [2.45, 2.75) is 64.5 Å². The highest BCUT2D eigenvalue weighted by Crippen LogP contribution is 2.50. The van der Waals surface area contributed by atoms with Crippen LogP contribution in [0.2, 0.25) is 0 Å². The smallest absolute Gasteiger partial charge is 0.0119 e. The van der Waals surface area contributed by atoms with Crippen molar-refractivity contribution in [2.24, 2.45) is 5.41 Å².